The van der Waals surface area contributed by atoms with Gasteiger partial charge in [-0.15, -0.1) is 45.3 Å². The molecule has 0 N–H and O–H groups in total. The Morgan fingerprint density at radius 3 is 0.743 bits per heavy atom. The van der Waals surface area contributed by atoms with Gasteiger partial charge in [-0.25, -0.2) is 0 Å². The molecule has 0 fully saturated rings. The van der Waals surface area contributed by atoms with Gasteiger partial charge in [0.1, 0.15) is 0 Å². The molecule has 0 unspecified atom stereocenters. The standard InChI is InChI=1S/C66H62S4/c1-5-9-13-21-47-29-33-51(67-47)37-41-59-55-25-17-18-26-56(55)60(42-38-52-34-30-48(68-52)22-14-10-6-2)64-46-66-62(44-40-54-36-32-50(70-54)24-16-12-8-4)58-28-20-19-27-57(58)61(65(66)45-63(59)64)43-39-53-35-31-49(69-53)23-15-11-7-3/h17-20,25-36,45-46H,5-16,21-24H2,1-4H3. The molecule has 0 nitrogen and oxygen atoms in total. The van der Waals surface area contributed by atoms with E-state index in [0.29, 0.717) is 0 Å². The zero-order valence-electron chi connectivity index (χ0n) is 41.3. The quantitative estimate of drug-likeness (QED) is 0.0514. The molecular formula is C66H62S4. The second-order valence-electron chi connectivity index (χ2n) is 18.4. The summed E-state index contributed by atoms with van der Waals surface area (Å²) in [6.45, 7) is 9.07. The molecule has 0 radical (unpaired) electrons. The highest BCUT2D eigenvalue weighted by molar-refractivity contribution is 7.13. The molecule has 0 amide bonds. The Morgan fingerprint density at radius 1 is 0.271 bits per heavy atom. The fourth-order valence-corrected chi connectivity index (χ4v) is 13.0. The van der Waals surface area contributed by atoms with Gasteiger partial charge in [-0.05, 0) is 155 Å². The summed E-state index contributed by atoms with van der Waals surface area (Å²) >= 11 is 7.33. The van der Waals surface area contributed by atoms with Crippen LogP contribution in [0.5, 0.6) is 0 Å². The van der Waals surface area contributed by atoms with Crippen LogP contribution in [0.1, 0.15) is 166 Å². The lowest BCUT2D eigenvalue weighted by atomic mass is 9.86. The molecule has 9 aromatic rings. The van der Waals surface area contributed by atoms with E-state index >= 15 is 0 Å². The van der Waals surface area contributed by atoms with E-state index in [2.05, 4.69) is 184 Å². The molecule has 350 valence electrons. The predicted molar refractivity (Wildman–Crippen MR) is 311 cm³/mol. The highest BCUT2D eigenvalue weighted by Gasteiger charge is 2.19. The van der Waals surface area contributed by atoms with Crippen molar-refractivity contribution in [3.63, 3.8) is 0 Å². The van der Waals surface area contributed by atoms with Gasteiger partial charge in [0.05, 0.1) is 19.5 Å². The van der Waals surface area contributed by atoms with Crippen LogP contribution in [0.2, 0.25) is 0 Å². The van der Waals surface area contributed by atoms with E-state index in [1.165, 1.54) is 96.6 Å². The summed E-state index contributed by atoms with van der Waals surface area (Å²) in [6.07, 6.45) is 19.2. The first kappa shape index (κ1) is 49.2. The van der Waals surface area contributed by atoms with Crippen LogP contribution in [-0.4, -0.2) is 0 Å². The van der Waals surface area contributed by atoms with Crippen molar-refractivity contribution in [2.45, 2.75) is 130 Å². The monoisotopic (exact) mass is 982 g/mol. The Morgan fingerprint density at radius 2 is 0.514 bits per heavy atom. The van der Waals surface area contributed by atoms with Gasteiger partial charge in [-0.3, -0.25) is 0 Å². The van der Waals surface area contributed by atoms with Crippen molar-refractivity contribution in [1.29, 1.82) is 0 Å². The first-order valence-electron chi connectivity index (χ1n) is 25.8. The van der Waals surface area contributed by atoms with E-state index in [-0.39, 0.29) is 0 Å². The molecule has 70 heavy (non-hydrogen) atoms. The normalized spacial score (nSPS) is 11.0. The Hall–Kier alpha value is -5.82. The van der Waals surface area contributed by atoms with Crippen molar-refractivity contribution in [2.24, 2.45) is 0 Å². The third-order valence-electron chi connectivity index (χ3n) is 13.2. The van der Waals surface area contributed by atoms with Crippen LogP contribution in [-0.2, 0) is 25.7 Å². The minimum Gasteiger partial charge on any atom is -0.132 e. The number of benzene rings is 5. The Bertz CT molecular complexity index is 3070. The maximum atomic E-state index is 3.79. The number of unbranched alkanes of at least 4 members (excludes halogenated alkanes) is 8. The van der Waals surface area contributed by atoms with E-state index < -0.39 is 0 Å². The second-order valence-corrected chi connectivity index (χ2v) is 23.1. The molecule has 5 aromatic carbocycles. The van der Waals surface area contributed by atoms with E-state index in [9.17, 15) is 0 Å². The van der Waals surface area contributed by atoms with Gasteiger partial charge in [0, 0.05) is 41.8 Å². The van der Waals surface area contributed by atoms with E-state index in [1.54, 1.807) is 0 Å². The molecular weight excluding hydrogens is 921 g/mol. The zero-order chi connectivity index (χ0) is 48.1. The molecule has 4 heteroatoms. The number of fused-ring (bicyclic) bond motifs is 4. The van der Waals surface area contributed by atoms with Gasteiger partial charge in [0.2, 0.25) is 0 Å². The van der Waals surface area contributed by atoms with E-state index in [1.807, 2.05) is 45.3 Å². The number of hydrogen-bond donors (Lipinski definition) is 0. The zero-order valence-corrected chi connectivity index (χ0v) is 44.6. The van der Waals surface area contributed by atoms with Crippen molar-refractivity contribution in [1.82, 2.24) is 0 Å². The molecule has 4 aromatic heterocycles. The van der Waals surface area contributed by atoms with E-state index in [0.717, 1.165) is 111 Å². The predicted octanol–water partition coefficient (Wildman–Crippen LogP) is 19.1. The average Bonchev–Trinajstić information content (AvgIpc) is 4.23. The lowest BCUT2D eigenvalue weighted by Crippen LogP contribution is -1.95. The maximum absolute atomic E-state index is 3.79. The minimum absolute atomic E-state index is 1.03. The smallest absolute Gasteiger partial charge is 0.0775 e. The molecule has 0 aliphatic rings. The molecule has 0 spiro atoms. The minimum atomic E-state index is 1.03. The highest BCUT2D eigenvalue weighted by atomic mass is 32.1. The van der Waals surface area contributed by atoms with Crippen LogP contribution < -0.4 is 0 Å². The van der Waals surface area contributed by atoms with Crippen LogP contribution in [0, 0.1) is 47.4 Å². The Labute approximate surface area is 433 Å². The fraction of sp³-hybridized carbons (Fsp3) is 0.303. The third-order valence-corrected chi connectivity index (χ3v) is 17.4. The first-order chi connectivity index (χ1) is 34.5. The van der Waals surface area contributed by atoms with E-state index in [4.69, 9.17) is 0 Å². The van der Waals surface area contributed by atoms with Crippen LogP contribution in [0.4, 0.5) is 0 Å². The third kappa shape index (κ3) is 11.8. The average molecular weight is 983 g/mol. The summed E-state index contributed by atoms with van der Waals surface area (Å²) < 4.78 is 0. The van der Waals surface area contributed by atoms with Crippen molar-refractivity contribution < 1.29 is 0 Å². The van der Waals surface area contributed by atoms with Crippen molar-refractivity contribution in [3.8, 4) is 47.4 Å². The summed E-state index contributed by atoms with van der Waals surface area (Å²) in [4.78, 5) is 10.0. The summed E-state index contributed by atoms with van der Waals surface area (Å²) in [5.41, 5.74) is 4.10. The number of thiophene rings is 4. The fourth-order valence-electron chi connectivity index (χ4n) is 9.40. The highest BCUT2D eigenvalue weighted by Crippen LogP contribution is 2.40. The molecule has 0 saturated carbocycles. The molecule has 4 heterocycles. The van der Waals surface area contributed by atoms with Gasteiger partial charge in [0.15, 0.2) is 0 Å². The largest absolute Gasteiger partial charge is 0.132 e. The summed E-state index contributed by atoms with van der Waals surface area (Å²) in [6, 6.07) is 40.2. The lowest BCUT2D eigenvalue weighted by Gasteiger charge is -2.16. The summed E-state index contributed by atoms with van der Waals surface area (Å²) in [5, 5.41) is 8.84. The van der Waals surface area contributed by atoms with Gasteiger partial charge in [-0.1, -0.05) is 175 Å². The topological polar surface area (TPSA) is 0 Å². The molecule has 0 atom stereocenters. The van der Waals surface area contributed by atoms with Crippen molar-refractivity contribution >= 4 is 88.4 Å². The molecule has 9 rings (SSSR count). The number of aryl methyl sites for hydroxylation is 4. The number of rotatable bonds is 16. The van der Waals surface area contributed by atoms with Crippen LogP contribution in [0.15, 0.2) is 109 Å². The van der Waals surface area contributed by atoms with Gasteiger partial charge in [-0.2, -0.15) is 0 Å². The van der Waals surface area contributed by atoms with Gasteiger partial charge in [0.25, 0.3) is 0 Å². The first-order valence-corrected chi connectivity index (χ1v) is 29.1. The van der Waals surface area contributed by atoms with Crippen LogP contribution >= 0.6 is 45.3 Å². The molecule has 0 aliphatic carbocycles. The van der Waals surface area contributed by atoms with Crippen molar-refractivity contribution in [2.75, 3.05) is 0 Å². The summed E-state index contributed by atoms with van der Waals surface area (Å²) in [5.74, 6) is 29.9. The molecule has 0 saturated heterocycles. The maximum Gasteiger partial charge on any atom is 0.0775 e. The second kappa shape index (κ2) is 24.3. The van der Waals surface area contributed by atoms with Gasteiger partial charge >= 0.3 is 0 Å². The van der Waals surface area contributed by atoms with Crippen LogP contribution in [0.3, 0.4) is 0 Å². The summed E-state index contributed by atoms with van der Waals surface area (Å²) in [7, 11) is 0. The molecule has 0 bridgehead atoms. The van der Waals surface area contributed by atoms with Crippen molar-refractivity contribution in [3.05, 3.63) is 170 Å². The van der Waals surface area contributed by atoms with Gasteiger partial charge < -0.3 is 0 Å². The van der Waals surface area contributed by atoms with Crippen LogP contribution in [0.25, 0.3) is 43.1 Å². The molecule has 0 aliphatic heterocycles. The SMILES string of the molecule is CCCCCc1ccc(C#Cc2c3ccccc3c(C#Cc3ccc(CCCCC)s3)c3cc4c(C#Cc5ccc(CCCCC)s5)c5ccccc5c(C#Cc5ccc(CCCCC)s5)c4cc23)s1. The number of hydrogen-bond acceptors (Lipinski definition) is 4. The Balaban J connectivity index is 1.30. The Kier molecular flexibility index (Phi) is 17.1. The lowest BCUT2D eigenvalue weighted by molar-refractivity contribution is 0.722.